The molecule has 9 heteroatoms. The molecule has 3 rings (SSSR count). The van der Waals surface area contributed by atoms with Crippen LogP contribution in [0.5, 0.6) is 0 Å². The van der Waals surface area contributed by atoms with Crippen LogP contribution in [0.3, 0.4) is 0 Å². The number of carbonyl (C=O) groups excluding carboxylic acids is 3. The number of rotatable bonds is 8. The third-order valence-electron chi connectivity index (χ3n) is 5.89. The molecule has 0 aromatic heterocycles. The zero-order valence-electron chi connectivity index (χ0n) is 19.7. The van der Waals surface area contributed by atoms with Crippen molar-refractivity contribution < 1.29 is 23.2 Å². The lowest BCUT2D eigenvalue weighted by molar-refractivity contribution is -0.142. The van der Waals surface area contributed by atoms with Crippen LogP contribution >= 0.6 is 0 Å². The minimum absolute atomic E-state index is 0.0870. The van der Waals surface area contributed by atoms with Crippen LogP contribution in [-0.4, -0.2) is 41.8 Å². The maximum Gasteiger partial charge on any atom is 0.252 e. The van der Waals surface area contributed by atoms with Gasteiger partial charge < -0.3 is 20.9 Å². The summed E-state index contributed by atoms with van der Waals surface area (Å²) >= 11 is 0. The number of hydrogen-bond donors (Lipinski definition) is 3. The first-order chi connectivity index (χ1) is 16.1. The van der Waals surface area contributed by atoms with Gasteiger partial charge in [-0.3, -0.25) is 14.4 Å². The molecule has 3 atom stereocenters. The Hall–Kier alpha value is -3.33. The number of anilines is 1. The fourth-order valence-electron chi connectivity index (χ4n) is 4.01. The van der Waals surface area contributed by atoms with Crippen molar-refractivity contribution in [2.75, 3.05) is 12.4 Å². The maximum atomic E-state index is 14.2. The summed E-state index contributed by atoms with van der Waals surface area (Å²) < 4.78 is 28.4. The van der Waals surface area contributed by atoms with Gasteiger partial charge in [0.05, 0.1) is 6.04 Å². The summed E-state index contributed by atoms with van der Waals surface area (Å²) in [6, 6.07) is 7.85. The Morgan fingerprint density at radius 2 is 1.68 bits per heavy atom. The number of fused-ring (bicyclic) bond motifs is 1. The van der Waals surface area contributed by atoms with Crippen LogP contribution in [0.4, 0.5) is 14.5 Å². The summed E-state index contributed by atoms with van der Waals surface area (Å²) in [7, 11) is 1.64. The van der Waals surface area contributed by atoms with Crippen LogP contribution in [0, 0.1) is 17.6 Å². The predicted molar refractivity (Wildman–Crippen MR) is 125 cm³/mol. The van der Waals surface area contributed by atoms with Crippen LogP contribution < -0.4 is 16.0 Å². The number of nitrogens with zero attached hydrogens (tertiary/aromatic N) is 1. The van der Waals surface area contributed by atoms with Gasteiger partial charge in [0.2, 0.25) is 11.8 Å². The summed E-state index contributed by atoms with van der Waals surface area (Å²) in [6.07, 6.45) is 0.365. The lowest BCUT2D eigenvalue weighted by atomic mass is 10.0. The summed E-state index contributed by atoms with van der Waals surface area (Å²) in [5.74, 6) is -3.25. The summed E-state index contributed by atoms with van der Waals surface area (Å²) in [4.78, 5) is 40.8. The molecular weight excluding hydrogens is 442 g/mol. The third-order valence-corrected chi connectivity index (χ3v) is 5.89. The minimum atomic E-state index is -1.10. The van der Waals surface area contributed by atoms with Crippen molar-refractivity contribution in [3.63, 3.8) is 0 Å². The molecule has 1 aliphatic rings. The Morgan fingerprint density at radius 3 is 2.29 bits per heavy atom. The molecule has 0 aliphatic carbocycles. The predicted octanol–water partition coefficient (Wildman–Crippen LogP) is 3.13. The maximum absolute atomic E-state index is 14.2. The van der Waals surface area contributed by atoms with E-state index in [0.29, 0.717) is 12.0 Å². The monoisotopic (exact) mass is 472 g/mol. The molecule has 0 fully saturated rings. The molecule has 0 spiro atoms. The van der Waals surface area contributed by atoms with Gasteiger partial charge in [-0.1, -0.05) is 44.2 Å². The molecule has 1 heterocycles. The van der Waals surface area contributed by atoms with Crippen molar-refractivity contribution in [2.45, 2.75) is 51.9 Å². The van der Waals surface area contributed by atoms with Crippen LogP contribution in [0.25, 0.3) is 0 Å². The second kappa shape index (κ2) is 10.7. The molecule has 2 aromatic carbocycles. The molecule has 34 heavy (non-hydrogen) atoms. The van der Waals surface area contributed by atoms with Gasteiger partial charge >= 0.3 is 0 Å². The molecule has 0 bridgehead atoms. The van der Waals surface area contributed by atoms with Crippen molar-refractivity contribution in [1.82, 2.24) is 15.5 Å². The fraction of sp³-hybridized carbons (Fsp3) is 0.400. The van der Waals surface area contributed by atoms with E-state index >= 15 is 0 Å². The first-order valence-electron chi connectivity index (χ1n) is 11.2. The van der Waals surface area contributed by atoms with Crippen molar-refractivity contribution in [1.29, 1.82) is 0 Å². The summed E-state index contributed by atoms with van der Waals surface area (Å²) in [6.45, 7) is 5.67. The van der Waals surface area contributed by atoms with Crippen LogP contribution in [-0.2, 0) is 20.9 Å². The molecule has 0 radical (unpaired) electrons. The molecule has 182 valence electrons. The molecule has 1 unspecified atom stereocenters. The number of likely N-dealkylation sites (N-methyl/N-ethyl adjacent to an activating group) is 1. The normalized spacial score (nSPS) is 16.7. The number of benzene rings is 2. The molecule has 3 amide bonds. The molecule has 0 saturated carbocycles. The van der Waals surface area contributed by atoms with Gasteiger partial charge in [0.1, 0.15) is 29.4 Å². The van der Waals surface area contributed by atoms with E-state index in [0.717, 1.165) is 17.7 Å². The van der Waals surface area contributed by atoms with Crippen molar-refractivity contribution in [2.24, 2.45) is 5.92 Å². The summed E-state index contributed by atoms with van der Waals surface area (Å²) in [5.41, 5.74) is 0.755. The van der Waals surface area contributed by atoms with Crippen LogP contribution in [0.15, 0.2) is 42.5 Å². The lowest BCUT2D eigenvalue weighted by Gasteiger charge is -2.30. The van der Waals surface area contributed by atoms with Crippen molar-refractivity contribution in [3.8, 4) is 0 Å². The number of nitrogens with one attached hydrogen (secondary N) is 3. The topological polar surface area (TPSA) is 90.5 Å². The van der Waals surface area contributed by atoms with Crippen LogP contribution in [0.2, 0.25) is 0 Å². The smallest absolute Gasteiger partial charge is 0.252 e. The van der Waals surface area contributed by atoms with Gasteiger partial charge in [0.15, 0.2) is 0 Å². The second-order valence-corrected chi connectivity index (χ2v) is 8.85. The highest BCUT2D eigenvalue weighted by molar-refractivity contribution is 6.00. The second-order valence-electron chi connectivity index (χ2n) is 8.85. The zero-order chi connectivity index (χ0) is 25.0. The van der Waals surface area contributed by atoms with E-state index in [1.54, 1.807) is 38.2 Å². The van der Waals surface area contributed by atoms with E-state index in [1.165, 1.54) is 11.0 Å². The standard InChI is InChI=1S/C25H30F2N4O3/c1-14(2)12-20(29-23(32)15(3)28-4)25(34)31-13-16-8-5-6-9-17(16)22(31)24(33)30-21-18(26)10-7-11-19(21)27/h5-11,14-15,20,22,28H,12-13H2,1-4H3,(H,29,32)(H,30,33)/t15-,20-,22?/m0/s1. The SMILES string of the molecule is CN[C@@H](C)C(=O)N[C@@H](CC(C)C)C(=O)N1Cc2ccccc2C1C(=O)Nc1c(F)cccc1F. The number of hydrogen-bond acceptors (Lipinski definition) is 4. The van der Waals surface area contributed by atoms with Gasteiger partial charge in [-0.2, -0.15) is 0 Å². The fourth-order valence-corrected chi connectivity index (χ4v) is 4.01. The number of para-hydroxylation sites is 1. The average molecular weight is 473 g/mol. The van der Waals surface area contributed by atoms with Gasteiger partial charge in [-0.15, -0.1) is 0 Å². The van der Waals surface area contributed by atoms with Crippen molar-refractivity contribution >= 4 is 23.4 Å². The van der Waals surface area contributed by atoms with E-state index in [9.17, 15) is 23.2 Å². The van der Waals surface area contributed by atoms with E-state index in [1.807, 2.05) is 13.8 Å². The van der Waals surface area contributed by atoms with Crippen LogP contribution in [0.1, 0.15) is 44.4 Å². The Labute approximate surface area is 197 Å². The molecule has 3 N–H and O–H groups in total. The highest BCUT2D eigenvalue weighted by Crippen LogP contribution is 2.36. The van der Waals surface area contributed by atoms with E-state index in [-0.39, 0.29) is 18.4 Å². The lowest BCUT2D eigenvalue weighted by Crippen LogP contribution is -2.53. The highest BCUT2D eigenvalue weighted by Gasteiger charge is 2.41. The molecular formula is C25H30F2N4O3. The van der Waals surface area contributed by atoms with Gasteiger partial charge in [-0.25, -0.2) is 8.78 Å². The first-order valence-corrected chi connectivity index (χ1v) is 11.2. The Kier molecular flexibility index (Phi) is 7.98. The Bertz CT molecular complexity index is 1060. The Morgan fingerprint density at radius 1 is 1.03 bits per heavy atom. The molecule has 2 aromatic rings. The molecule has 7 nitrogen and oxygen atoms in total. The largest absolute Gasteiger partial charge is 0.343 e. The Balaban J connectivity index is 1.93. The molecule has 0 saturated heterocycles. The number of halogens is 2. The van der Waals surface area contributed by atoms with Crippen molar-refractivity contribution in [3.05, 3.63) is 65.2 Å². The molecule has 1 aliphatic heterocycles. The third kappa shape index (κ3) is 5.41. The first kappa shape index (κ1) is 25.3. The number of carbonyl (C=O) groups is 3. The quantitative estimate of drug-likeness (QED) is 0.551. The van der Waals surface area contributed by atoms with Gasteiger partial charge in [0.25, 0.3) is 5.91 Å². The van der Waals surface area contributed by atoms with Gasteiger partial charge in [0, 0.05) is 6.54 Å². The summed E-state index contributed by atoms with van der Waals surface area (Å²) in [5, 5.41) is 7.94. The van der Waals surface area contributed by atoms with E-state index < -0.39 is 47.3 Å². The van der Waals surface area contributed by atoms with Gasteiger partial charge in [-0.05, 0) is 49.6 Å². The highest BCUT2D eigenvalue weighted by atomic mass is 19.1. The van der Waals surface area contributed by atoms with E-state index in [4.69, 9.17) is 0 Å². The average Bonchev–Trinajstić information content (AvgIpc) is 3.19. The van der Waals surface area contributed by atoms with E-state index in [2.05, 4.69) is 16.0 Å². The minimum Gasteiger partial charge on any atom is -0.343 e. The zero-order valence-corrected chi connectivity index (χ0v) is 19.7. The number of amides is 3.